The average molecular weight is 431 g/mol. The lowest BCUT2D eigenvalue weighted by molar-refractivity contribution is -0.124. The first-order chi connectivity index (χ1) is 12.7. The minimum atomic E-state index is -0.549. The van der Waals surface area contributed by atoms with E-state index in [0.29, 0.717) is 6.04 Å². The van der Waals surface area contributed by atoms with Crippen molar-refractivity contribution in [2.45, 2.75) is 51.0 Å². The fraction of sp³-hybridized carbons (Fsp3) is 0.600. The number of nitrogens with one attached hydrogen (secondary N) is 2. The number of nitrogens with zero attached hydrogens (tertiary/aromatic N) is 2. The molecule has 1 amide bonds. The Morgan fingerprint density at radius 3 is 2.46 bits per heavy atom. The number of halogens is 2. The number of piperidine rings is 1. The van der Waals surface area contributed by atoms with E-state index in [2.05, 4.69) is 15.2 Å². The maximum Gasteiger partial charge on any atom is 0.267 e. The predicted molar refractivity (Wildman–Crippen MR) is 117 cm³/mol. The van der Waals surface area contributed by atoms with Gasteiger partial charge in [0.1, 0.15) is 5.82 Å². The highest BCUT2D eigenvalue weighted by molar-refractivity contribution is 5.90. The summed E-state index contributed by atoms with van der Waals surface area (Å²) in [6.07, 6.45) is 14.0. The van der Waals surface area contributed by atoms with Gasteiger partial charge in [0.15, 0.2) is 0 Å². The molecule has 1 aromatic rings. The molecule has 3 N–H and O–H groups in total. The number of likely N-dealkylation sites (tertiary alicyclic amines) is 1. The summed E-state index contributed by atoms with van der Waals surface area (Å²) in [5, 5.41) is 12.0. The molecule has 2 fully saturated rings. The monoisotopic (exact) mass is 430 g/mol. The number of amides is 1. The van der Waals surface area contributed by atoms with Gasteiger partial charge >= 0.3 is 0 Å². The molecule has 1 aliphatic carbocycles. The van der Waals surface area contributed by atoms with Crippen LogP contribution in [0.3, 0.4) is 0 Å². The largest absolute Gasteiger partial charge is 0.367 e. The van der Waals surface area contributed by atoms with Crippen LogP contribution in [-0.4, -0.2) is 46.7 Å². The summed E-state index contributed by atoms with van der Waals surface area (Å²) < 4.78 is 0. The molecule has 28 heavy (non-hydrogen) atoms. The van der Waals surface area contributed by atoms with E-state index < -0.39 is 5.91 Å². The number of pyridine rings is 1. The number of rotatable bonds is 6. The summed E-state index contributed by atoms with van der Waals surface area (Å²) in [5.74, 6) is 1.25. The Hall–Kier alpha value is -1.34. The quantitative estimate of drug-likeness (QED) is 0.362. The molecule has 1 saturated heterocycles. The van der Waals surface area contributed by atoms with Crippen LogP contribution in [-0.2, 0) is 4.79 Å². The Morgan fingerprint density at radius 1 is 1.14 bits per heavy atom. The van der Waals surface area contributed by atoms with Crippen molar-refractivity contribution in [2.75, 3.05) is 25.0 Å². The highest BCUT2D eigenvalue weighted by Crippen LogP contribution is 2.26. The molecule has 8 heteroatoms. The zero-order valence-electron chi connectivity index (χ0n) is 16.2. The Bertz CT molecular complexity index is 599. The molecule has 2 aliphatic rings. The summed E-state index contributed by atoms with van der Waals surface area (Å²) in [4.78, 5) is 18.0. The van der Waals surface area contributed by atoms with Crippen molar-refractivity contribution in [3.05, 3.63) is 30.0 Å². The van der Waals surface area contributed by atoms with Crippen molar-refractivity contribution in [1.82, 2.24) is 15.4 Å². The van der Waals surface area contributed by atoms with Gasteiger partial charge < -0.3 is 10.2 Å². The third kappa shape index (κ3) is 7.95. The lowest BCUT2D eigenvalue weighted by Gasteiger charge is -2.35. The molecule has 0 atom stereocenters. The van der Waals surface area contributed by atoms with Crippen molar-refractivity contribution >= 4 is 42.6 Å². The molecule has 2 heterocycles. The van der Waals surface area contributed by atoms with Crippen molar-refractivity contribution in [2.24, 2.45) is 5.92 Å². The average Bonchev–Trinajstić information content (AvgIpc) is 2.69. The summed E-state index contributed by atoms with van der Waals surface area (Å²) >= 11 is 0. The standard InChI is InChI=1S/C20H30N4O2.2ClH/c25-20(23-26)9-7-16-6-8-19(21-14-16)22-18-10-12-24(13-11-18)15-17-4-2-1-3-5-17;;/h6-9,14,17-18,26H,1-5,10-13,15H2,(H,21,22)(H,23,25);2*1H. The van der Waals surface area contributed by atoms with Gasteiger partial charge in [-0.25, -0.2) is 10.5 Å². The molecule has 0 aromatic carbocycles. The summed E-state index contributed by atoms with van der Waals surface area (Å²) in [6.45, 7) is 3.63. The van der Waals surface area contributed by atoms with E-state index in [4.69, 9.17) is 5.21 Å². The fourth-order valence-electron chi connectivity index (χ4n) is 4.00. The lowest BCUT2D eigenvalue weighted by Crippen LogP contribution is -2.41. The molecule has 1 aromatic heterocycles. The first-order valence-electron chi connectivity index (χ1n) is 9.80. The molecule has 0 bridgehead atoms. The van der Waals surface area contributed by atoms with Gasteiger partial charge in [-0.1, -0.05) is 19.3 Å². The van der Waals surface area contributed by atoms with Gasteiger partial charge in [-0.3, -0.25) is 10.0 Å². The Labute approximate surface area is 179 Å². The van der Waals surface area contributed by atoms with Crippen LogP contribution in [0.1, 0.15) is 50.5 Å². The molecule has 3 rings (SSSR count). The Kier molecular flexibility index (Phi) is 11.5. The van der Waals surface area contributed by atoms with Gasteiger partial charge in [0, 0.05) is 37.9 Å². The second-order valence-corrected chi connectivity index (χ2v) is 7.51. The van der Waals surface area contributed by atoms with Gasteiger partial charge in [0.05, 0.1) is 0 Å². The van der Waals surface area contributed by atoms with Crippen molar-refractivity contribution < 1.29 is 10.0 Å². The third-order valence-corrected chi connectivity index (χ3v) is 5.50. The van der Waals surface area contributed by atoms with Crippen molar-refractivity contribution in [3.8, 4) is 0 Å². The second-order valence-electron chi connectivity index (χ2n) is 7.51. The second kappa shape index (κ2) is 13.0. The van der Waals surface area contributed by atoms with Gasteiger partial charge in [-0.2, -0.15) is 0 Å². The molecule has 1 saturated carbocycles. The van der Waals surface area contributed by atoms with E-state index in [0.717, 1.165) is 30.1 Å². The molecule has 1 aliphatic heterocycles. The van der Waals surface area contributed by atoms with Gasteiger partial charge in [0.25, 0.3) is 5.91 Å². The zero-order chi connectivity index (χ0) is 18.2. The first kappa shape index (κ1) is 24.7. The topological polar surface area (TPSA) is 77.5 Å². The maximum atomic E-state index is 11.0. The number of hydrogen-bond acceptors (Lipinski definition) is 5. The molecule has 6 nitrogen and oxygen atoms in total. The summed E-state index contributed by atoms with van der Waals surface area (Å²) in [5.41, 5.74) is 2.39. The smallest absolute Gasteiger partial charge is 0.267 e. The minimum Gasteiger partial charge on any atom is -0.367 e. The number of anilines is 1. The van der Waals surface area contributed by atoms with E-state index >= 15 is 0 Å². The van der Waals surface area contributed by atoms with Crippen LogP contribution in [0.15, 0.2) is 24.4 Å². The molecule has 158 valence electrons. The number of carbonyl (C=O) groups excluding carboxylic acids is 1. The van der Waals surface area contributed by atoms with E-state index in [-0.39, 0.29) is 24.8 Å². The fourth-order valence-corrected chi connectivity index (χ4v) is 4.00. The maximum absolute atomic E-state index is 11.0. The summed E-state index contributed by atoms with van der Waals surface area (Å²) in [7, 11) is 0. The molecule has 0 radical (unpaired) electrons. The van der Waals surface area contributed by atoms with Crippen LogP contribution < -0.4 is 10.8 Å². The van der Waals surface area contributed by atoms with E-state index in [1.807, 2.05) is 12.1 Å². The van der Waals surface area contributed by atoms with E-state index in [1.54, 1.807) is 17.8 Å². The number of hydroxylamine groups is 1. The third-order valence-electron chi connectivity index (χ3n) is 5.50. The van der Waals surface area contributed by atoms with Crippen LogP contribution in [0, 0.1) is 5.92 Å². The zero-order valence-corrected chi connectivity index (χ0v) is 17.8. The molecule has 0 unspecified atom stereocenters. The van der Waals surface area contributed by atoms with Crippen LogP contribution in [0.25, 0.3) is 6.08 Å². The van der Waals surface area contributed by atoms with Crippen molar-refractivity contribution in [3.63, 3.8) is 0 Å². The number of hydrogen-bond donors (Lipinski definition) is 3. The normalized spacial score (nSPS) is 18.9. The predicted octanol–water partition coefficient (Wildman–Crippen LogP) is 3.90. The minimum absolute atomic E-state index is 0. The summed E-state index contributed by atoms with van der Waals surface area (Å²) in [6, 6.07) is 4.33. The number of aromatic nitrogens is 1. The molecular weight excluding hydrogens is 399 g/mol. The van der Waals surface area contributed by atoms with Gasteiger partial charge in [0.2, 0.25) is 0 Å². The number of carbonyl (C=O) groups is 1. The van der Waals surface area contributed by atoms with Crippen LogP contribution in [0.4, 0.5) is 5.82 Å². The highest BCUT2D eigenvalue weighted by Gasteiger charge is 2.22. The van der Waals surface area contributed by atoms with Crippen LogP contribution in [0.5, 0.6) is 0 Å². The first-order valence-corrected chi connectivity index (χ1v) is 9.80. The Morgan fingerprint density at radius 2 is 1.86 bits per heavy atom. The SMILES string of the molecule is Cl.Cl.O=C(C=Cc1ccc(NC2CCN(CC3CCCCC3)CC2)nc1)NO. The highest BCUT2D eigenvalue weighted by atomic mass is 35.5. The van der Waals surface area contributed by atoms with Gasteiger partial charge in [-0.05, 0) is 55.4 Å². The molecular formula is C20H32Cl2N4O2. The van der Waals surface area contributed by atoms with E-state index in [1.165, 1.54) is 57.8 Å². The molecule has 0 spiro atoms. The van der Waals surface area contributed by atoms with Crippen LogP contribution >= 0.6 is 24.8 Å². The van der Waals surface area contributed by atoms with Crippen molar-refractivity contribution in [1.29, 1.82) is 0 Å². The van der Waals surface area contributed by atoms with E-state index in [9.17, 15) is 4.79 Å². The van der Waals surface area contributed by atoms with Crippen LogP contribution in [0.2, 0.25) is 0 Å². The lowest BCUT2D eigenvalue weighted by atomic mass is 9.88. The van der Waals surface area contributed by atoms with Gasteiger partial charge in [-0.15, -0.1) is 24.8 Å². The Balaban J connectivity index is 0.00000196.